The lowest BCUT2D eigenvalue weighted by Gasteiger charge is -2.30. The molecule has 1 heterocycles. The molecule has 21 heavy (non-hydrogen) atoms. The average Bonchev–Trinajstić information content (AvgIpc) is 2.54. The van der Waals surface area contributed by atoms with Crippen molar-refractivity contribution in [3.8, 4) is 0 Å². The highest BCUT2D eigenvalue weighted by Gasteiger charge is 2.30. The summed E-state index contributed by atoms with van der Waals surface area (Å²) < 4.78 is 11.1. The predicted octanol–water partition coefficient (Wildman–Crippen LogP) is 2.20. The summed E-state index contributed by atoms with van der Waals surface area (Å²) in [5.41, 5.74) is 2.52. The van der Waals surface area contributed by atoms with E-state index in [1.165, 1.54) is 11.1 Å². The highest BCUT2D eigenvalue weighted by molar-refractivity contribution is 5.77. The van der Waals surface area contributed by atoms with E-state index < -0.39 is 0 Å². The van der Waals surface area contributed by atoms with Gasteiger partial charge in [-0.3, -0.25) is 4.79 Å². The number of nitrogens with one attached hydrogen (secondary N) is 1. The van der Waals surface area contributed by atoms with Gasteiger partial charge in [-0.25, -0.2) is 0 Å². The number of fused-ring (bicyclic) bond motifs is 1. The van der Waals surface area contributed by atoms with Gasteiger partial charge >= 0.3 is 5.97 Å². The molecular weight excluding hydrogens is 266 g/mol. The van der Waals surface area contributed by atoms with Crippen LogP contribution in [0.3, 0.4) is 0 Å². The normalized spacial score (nSPS) is 28.7. The van der Waals surface area contributed by atoms with Crippen molar-refractivity contribution < 1.29 is 14.3 Å². The smallest absolute Gasteiger partial charge is 0.323 e. The zero-order chi connectivity index (χ0) is 14.7. The number of benzene rings is 1. The minimum Gasteiger partial charge on any atom is -0.461 e. The molecule has 1 aliphatic carbocycles. The predicted molar refractivity (Wildman–Crippen MR) is 79.9 cm³/mol. The van der Waals surface area contributed by atoms with Crippen molar-refractivity contribution in [2.24, 2.45) is 0 Å². The number of carbonyl (C=O) groups excluding carboxylic acids is 1. The standard InChI is InChI=1S/C17H23NO3/c1-20-14-7-4-8-15(10-14)21-17(19)16-9-12-5-2-3-6-13(12)11-18-16/h2-3,5-6,14-16,18H,4,7-11H2,1H3. The van der Waals surface area contributed by atoms with Gasteiger partial charge in [0.1, 0.15) is 12.1 Å². The van der Waals surface area contributed by atoms with Crippen molar-refractivity contribution in [1.82, 2.24) is 5.32 Å². The lowest BCUT2D eigenvalue weighted by Crippen LogP contribution is -2.44. The maximum atomic E-state index is 12.3. The fourth-order valence-corrected chi connectivity index (χ4v) is 3.29. The van der Waals surface area contributed by atoms with Crippen LogP contribution in [0.1, 0.15) is 36.8 Å². The fourth-order valence-electron chi connectivity index (χ4n) is 3.29. The molecule has 1 aromatic carbocycles. The molecule has 1 saturated carbocycles. The highest BCUT2D eigenvalue weighted by Crippen LogP contribution is 2.24. The summed E-state index contributed by atoms with van der Waals surface area (Å²) in [7, 11) is 1.73. The molecule has 0 aromatic heterocycles. The Hall–Kier alpha value is -1.39. The molecule has 4 heteroatoms. The molecule has 114 valence electrons. The Labute approximate surface area is 125 Å². The van der Waals surface area contributed by atoms with Crippen LogP contribution in [0.4, 0.5) is 0 Å². The average molecular weight is 289 g/mol. The van der Waals surface area contributed by atoms with Gasteiger partial charge in [-0.15, -0.1) is 0 Å². The summed E-state index contributed by atoms with van der Waals surface area (Å²) in [6.07, 6.45) is 4.87. The molecule has 0 saturated heterocycles. The molecule has 2 aliphatic rings. The lowest BCUT2D eigenvalue weighted by atomic mass is 9.94. The van der Waals surface area contributed by atoms with Gasteiger partial charge in [0, 0.05) is 20.1 Å². The Morgan fingerprint density at radius 2 is 1.95 bits per heavy atom. The molecule has 1 aliphatic heterocycles. The molecule has 3 rings (SSSR count). The van der Waals surface area contributed by atoms with Crippen LogP contribution in [0.15, 0.2) is 24.3 Å². The van der Waals surface area contributed by atoms with E-state index in [2.05, 4.69) is 17.4 Å². The van der Waals surface area contributed by atoms with Crippen LogP contribution in [0.5, 0.6) is 0 Å². The molecule has 1 N–H and O–H groups in total. The molecule has 0 radical (unpaired) electrons. The van der Waals surface area contributed by atoms with Gasteiger partial charge in [-0.2, -0.15) is 0 Å². The van der Waals surface area contributed by atoms with Crippen molar-refractivity contribution in [1.29, 1.82) is 0 Å². The number of hydrogen-bond donors (Lipinski definition) is 1. The second-order valence-corrected chi connectivity index (χ2v) is 5.99. The van der Waals surface area contributed by atoms with E-state index in [1.807, 2.05) is 12.1 Å². The van der Waals surface area contributed by atoms with Gasteiger partial charge in [-0.05, 0) is 36.8 Å². The van der Waals surface area contributed by atoms with E-state index in [4.69, 9.17) is 9.47 Å². The number of carbonyl (C=O) groups is 1. The summed E-state index contributed by atoms with van der Waals surface area (Å²) in [4.78, 5) is 12.3. The molecule has 1 fully saturated rings. The van der Waals surface area contributed by atoms with Crippen LogP contribution in [-0.4, -0.2) is 31.3 Å². The number of hydrogen-bond acceptors (Lipinski definition) is 4. The third-order valence-corrected chi connectivity index (χ3v) is 4.56. The van der Waals surface area contributed by atoms with E-state index in [-0.39, 0.29) is 24.2 Å². The molecular formula is C17H23NO3. The zero-order valence-electron chi connectivity index (χ0n) is 12.5. The Morgan fingerprint density at radius 1 is 1.19 bits per heavy atom. The number of esters is 1. The lowest BCUT2D eigenvalue weighted by molar-refractivity contribution is -0.155. The largest absolute Gasteiger partial charge is 0.461 e. The molecule has 3 unspecified atom stereocenters. The highest BCUT2D eigenvalue weighted by atomic mass is 16.5. The molecule has 0 spiro atoms. The number of rotatable bonds is 3. The van der Waals surface area contributed by atoms with Crippen LogP contribution >= 0.6 is 0 Å². The Balaban J connectivity index is 1.57. The van der Waals surface area contributed by atoms with Crippen LogP contribution in [0.2, 0.25) is 0 Å². The van der Waals surface area contributed by atoms with E-state index >= 15 is 0 Å². The zero-order valence-corrected chi connectivity index (χ0v) is 12.5. The van der Waals surface area contributed by atoms with Crippen molar-refractivity contribution in [3.05, 3.63) is 35.4 Å². The summed E-state index contributed by atoms with van der Waals surface area (Å²) in [6, 6.07) is 8.04. The van der Waals surface area contributed by atoms with Gasteiger partial charge in [-0.1, -0.05) is 24.3 Å². The van der Waals surface area contributed by atoms with Crippen molar-refractivity contribution in [2.45, 2.75) is 56.9 Å². The van der Waals surface area contributed by atoms with Gasteiger partial charge in [0.2, 0.25) is 0 Å². The maximum Gasteiger partial charge on any atom is 0.323 e. The topological polar surface area (TPSA) is 47.6 Å². The Kier molecular flexibility index (Phi) is 4.56. The summed E-state index contributed by atoms with van der Waals surface area (Å²) >= 11 is 0. The van der Waals surface area contributed by atoms with E-state index in [0.29, 0.717) is 0 Å². The minimum absolute atomic E-state index is 0.00942. The first-order valence-electron chi connectivity index (χ1n) is 7.79. The van der Waals surface area contributed by atoms with Crippen molar-refractivity contribution >= 4 is 5.97 Å². The monoisotopic (exact) mass is 289 g/mol. The van der Waals surface area contributed by atoms with Crippen molar-refractivity contribution in [2.75, 3.05) is 7.11 Å². The second-order valence-electron chi connectivity index (χ2n) is 5.99. The van der Waals surface area contributed by atoms with E-state index in [0.717, 1.165) is 38.6 Å². The first-order chi connectivity index (χ1) is 10.3. The second kappa shape index (κ2) is 6.58. The van der Waals surface area contributed by atoms with E-state index in [9.17, 15) is 4.79 Å². The van der Waals surface area contributed by atoms with Crippen LogP contribution < -0.4 is 5.32 Å². The van der Waals surface area contributed by atoms with Gasteiger partial charge < -0.3 is 14.8 Å². The first kappa shape index (κ1) is 14.5. The van der Waals surface area contributed by atoms with E-state index in [1.54, 1.807) is 7.11 Å². The summed E-state index contributed by atoms with van der Waals surface area (Å²) in [5.74, 6) is -0.119. The Bertz CT molecular complexity index is 503. The summed E-state index contributed by atoms with van der Waals surface area (Å²) in [6.45, 7) is 0.737. The minimum atomic E-state index is -0.220. The molecule has 1 aromatic rings. The third-order valence-electron chi connectivity index (χ3n) is 4.56. The van der Waals surface area contributed by atoms with Crippen LogP contribution in [0.25, 0.3) is 0 Å². The summed E-state index contributed by atoms with van der Waals surface area (Å²) in [5, 5.41) is 3.28. The molecule has 3 atom stereocenters. The molecule has 4 nitrogen and oxygen atoms in total. The molecule has 0 amide bonds. The Morgan fingerprint density at radius 3 is 2.76 bits per heavy atom. The number of ether oxygens (including phenoxy) is 2. The third kappa shape index (κ3) is 3.44. The van der Waals surface area contributed by atoms with Crippen LogP contribution in [0, 0.1) is 0 Å². The molecule has 0 bridgehead atoms. The number of methoxy groups -OCH3 is 1. The van der Waals surface area contributed by atoms with Crippen molar-refractivity contribution in [3.63, 3.8) is 0 Å². The quantitative estimate of drug-likeness (QED) is 0.867. The van der Waals surface area contributed by atoms with Crippen LogP contribution in [-0.2, 0) is 27.2 Å². The maximum absolute atomic E-state index is 12.3. The SMILES string of the molecule is COC1CCCC(OC(=O)C2Cc3ccccc3CN2)C1. The first-order valence-corrected chi connectivity index (χ1v) is 7.79. The van der Waals surface area contributed by atoms with Gasteiger partial charge in [0.15, 0.2) is 0 Å². The fraction of sp³-hybridized carbons (Fsp3) is 0.588. The van der Waals surface area contributed by atoms with Gasteiger partial charge in [0.25, 0.3) is 0 Å². The van der Waals surface area contributed by atoms with Gasteiger partial charge in [0.05, 0.1) is 6.10 Å².